The molecule has 0 radical (unpaired) electrons. The largest absolute Gasteiger partial charge is 0.497 e. The van der Waals surface area contributed by atoms with Crippen LogP contribution in [0.3, 0.4) is 0 Å². The van der Waals surface area contributed by atoms with E-state index in [2.05, 4.69) is 45.5 Å². The Hall–Kier alpha value is -2.69. The standard InChI is InChI=1S/C21H27N3O2/c1-22-21(23-14-17-9-10-19(25-2)13-20(17)26-3)24-12-11-18(15-24)16-7-5-4-6-8-16/h4-10,13,18H,11-12,14-15H2,1-3H3,(H,22,23). The molecule has 138 valence electrons. The van der Waals surface area contributed by atoms with Gasteiger partial charge in [0.05, 0.1) is 14.2 Å². The van der Waals surface area contributed by atoms with Crippen molar-refractivity contribution in [3.63, 3.8) is 0 Å². The van der Waals surface area contributed by atoms with Crippen LogP contribution in [-0.2, 0) is 6.54 Å². The van der Waals surface area contributed by atoms with Crippen LogP contribution in [0.4, 0.5) is 0 Å². The number of hydrogen-bond acceptors (Lipinski definition) is 3. The molecular formula is C21H27N3O2. The van der Waals surface area contributed by atoms with Crippen LogP contribution in [0, 0.1) is 0 Å². The highest BCUT2D eigenvalue weighted by Gasteiger charge is 2.25. The van der Waals surface area contributed by atoms with E-state index in [1.165, 1.54) is 5.56 Å². The Labute approximate surface area is 155 Å². The highest BCUT2D eigenvalue weighted by molar-refractivity contribution is 5.80. The fourth-order valence-electron chi connectivity index (χ4n) is 3.45. The Balaban J connectivity index is 1.62. The number of guanidine groups is 1. The summed E-state index contributed by atoms with van der Waals surface area (Å²) in [5, 5.41) is 3.47. The SMILES string of the molecule is CN=C(NCc1ccc(OC)cc1OC)N1CCC(c2ccccc2)C1. The van der Waals surface area contributed by atoms with Crippen LogP contribution in [-0.4, -0.2) is 45.2 Å². The second-order valence-corrected chi connectivity index (χ2v) is 6.42. The minimum atomic E-state index is 0.560. The first-order valence-electron chi connectivity index (χ1n) is 8.96. The molecule has 3 rings (SSSR count). The van der Waals surface area contributed by atoms with Crippen molar-refractivity contribution in [3.05, 3.63) is 59.7 Å². The van der Waals surface area contributed by atoms with Gasteiger partial charge in [-0.25, -0.2) is 0 Å². The van der Waals surface area contributed by atoms with Crippen molar-refractivity contribution < 1.29 is 9.47 Å². The summed E-state index contributed by atoms with van der Waals surface area (Å²) in [6.07, 6.45) is 1.15. The van der Waals surface area contributed by atoms with E-state index in [1.807, 2.05) is 25.2 Å². The van der Waals surface area contributed by atoms with Crippen molar-refractivity contribution in [2.24, 2.45) is 4.99 Å². The number of ether oxygens (including phenoxy) is 2. The Morgan fingerprint density at radius 1 is 1.15 bits per heavy atom. The second kappa shape index (κ2) is 8.61. The maximum Gasteiger partial charge on any atom is 0.193 e. The summed E-state index contributed by atoms with van der Waals surface area (Å²) in [6.45, 7) is 2.66. The maximum atomic E-state index is 5.48. The van der Waals surface area contributed by atoms with Crippen molar-refractivity contribution in [3.8, 4) is 11.5 Å². The Kier molecular flexibility index (Phi) is 6.00. The summed E-state index contributed by atoms with van der Waals surface area (Å²) in [4.78, 5) is 6.80. The normalized spacial score (nSPS) is 17.3. The predicted octanol–water partition coefficient (Wildman–Crippen LogP) is 3.27. The molecule has 5 nitrogen and oxygen atoms in total. The van der Waals surface area contributed by atoms with Gasteiger partial charge in [0.2, 0.25) is 0 Å². The molecule has 0 aromatic heterocycles. The first kappa shape index (κ1) is 18.1. The summed E-state index contributed by atoms with van der Waals surface area (Å²) >= 11 is 0. The molecule has 2 aromatic rings. The van der Waals surface area contributed by atoms with E-state index in [1.54, 1.807) is 14.2 Å². The van der Waals surface area contributed by atoms with Gasteiger partial charge in [-0.2, -0.15) is 0 Å². The lowest BCUT2D eigenvalue weighted by Crippen LogP contribution is -2.39. The Morgan fingerprint density at radius 2 is 1.96 bits per heavy atom. The Bertz CT molecular complexity index is 746. The lowest BCUT2D eigenvalue weighted by Gasteiger charge is -2.22. The van der Waals surface area contributed by atoms with Crippen LogP contribution in [0.1, 0.15) is 23.5 Å². The van der Waals surface area contributed by atoms with Crippen LogP contribution >= 0.6 is 0 Å². The van der Waals surface area contributed by atoms with Crippen LogP contribution in [0.2, 0.25) is 0 Å². The number of nitrogens with one attached hydrogen (secondary N) is 1. The molecule has 1 aliphatic heterocycles. The summed E-state index contributed by atoms with van der Waals surface area (Å²) in [6, 6.07) is 16.6. The molecule has 5 heteroatoms. The summed E-state index contributed by atoms with van der Waals surface area (Å²) in [5.41, 5.74) is 2.48. The average molecular weight is 353 g/mol. The number of benzene rings is 2. The molecule has 2 aromatic carbocycles. The molecule has 0 bridgehead atoms. The van der Waals surface area contributed by atoms with Gasteiger partial charge >= 0.3 is 0 Å². The molecule has 1 fully saturated rings. The van der Waals surface area contributed by atoms with E-state index in [0.717, 1.165) is 42.5 Å². The minimum absolute atomic E-state index is 0.560. The van der Waals surface area contributed by atoms with E-state index in [0.29, 0.717) is 12.5 Å². The van der Waals surface area contributed by atoms with E-state index < -0.39 is 0 Å². The third kappa shape index (κ3) is 4.10. The molecule has 0 saturated carbocycles. The monoisotopic (exact) mass is 353 g/mol. The zero-order valence-corrected chi connectivity index (χ0v) is 15.7. The molecule has 1 aliphatic rings. The molecule has 1 heterocycles. The van der Waals surface area contributed by atoms with Crippen molar-refractivity contribution >= 4 is 5.96 Å². The number of methoxy groups -OCH3 is 2. The number of rotatable bonds is 5. The topological polar surface area (TPSA) is 46.1 Å². The van der Waals surface area contributed by atoms with Crippen LogP contribution < -0.4 is 14.8 Å². The quantitative estimate of drug-likeness (QED) is 0.662. The summed E-state index contributed by atoms with van der Waals surface area (Å²) in [5.74, 6) is 3.10. The van der Waals surface area contributed by atoms with Gasteiger partial charge in [0.15, 0.2) is 5.96 Å². The number of hydrogen-bond donors (Lipinski definition) is 1. The first-order valence-corrected chi connectivity index (χ1v) is 8.96. The third-order valence-electron chi connectivity index (χ3n) is 4.90. The molecule has 0 aliphatic carbocycles. The van der Waals surface area contributed by atoms with Gasteiger partial charge in [0.1, 0.15) is 11.5 Å². The summed E-state index contributed by atoms with van der Waals surface area (Å²) in [7, 11) is 5.17. The van der Waals surface area contributed by atoms with Gasteiger partial charge < -0.3 is 19.7 Å². The van der Waals surface area contributed by atoms with Gasteiger partial charge in [-0.3, -0.25) is 4.99 Å². The van der Waals surface area contributed by atoms with E-state index in [-0.39, 0.29) is 0 Å². The molecule has 26 heavy (non-hydrogen) atoms. The third-order valence-corrected chi connectivity index (χ3v) is 4.90. The highest BCUT2D eigenvalue weighted by atomic mass is 16.5. The van der Waals surface area contributed by atoms with Crippen molar-refractivity contribution in [1.82, 2.24) is 10.2 Å². The van der Waals surface area contributed by atoms with Gasteiger partial charge in [0.25, 0.3) is 0 Å². The molecule has 0 amide bonds. The van der Waals surface area contributed by atoms with Gasteiger partial charge in [0, 0.05) is 44.2 Å². The highest BCUT2D eigenvalue weighted by Crippen LogP contribution is 2.27. The van der Waals surface area contributed by atoms with Gasteiger partial charge in [-0.15, -0.1) is 0 Å². The lowest BCUT2D eigenvalue weighted by atomic mass is 9.99. The van der Waals surface area contributed by atoms with Gasteiger partial charge in [-0.05, 0) is 24.1 Å². The molecule has 1 saturated heterocycles. The number of nitrogens with zero attached hydrogens (tertiary/aromatic N) is 2. The van der Waals surface area contributed by atoms with Crippen LogP contribution in [0.5, 0.6) is 11.5 Å². The fraction of sp³-hybridized carbons (Fsp3) is 0.381. The predicted molar refractivity (Wildman–Crippen MR) is 105 cm³/mol. The molecule has 1 N–H and O–H groups in total. The maximum absolute atomic E-state index is 5.48. The first-order chi connectivity index (χ1) is 12.7. The summed E-state index contributed by atoms with van der Waals surface area (Å²) < 4.78 is 10.7. The van der Waals surface area contributed by atoms with E-state index >= 15 is 0 Å². The average Bonchev–Trinajstić information content (AvgIpc) is 3.19. The smallest absolute Gasteiger partial charge is 0.193 e. The number of aliphatic imine (C=N–C) groups is 1. The Morgan fingerprint density at radius 3 is 2.65 bits per heavy atom. The van der Waals surface area contributed by atoms with Crippen molar-refractivity contribution in [2.75, 3.05) is 34.4 Å². The number of likely N-dealkylation sites (tertiary alicyclic amines) is 1. The molecular weight excluding hydrogens is 326 g/mol. The second-order valence-electron chi connectivity index (χ2n) is 6.42. The minimum Gasteiger partial charge on any atom is -0.497 e. The van der Waals surface area contributed by atoms with E-state index in [9.17, 15) is 0 Å². The zero-order valence-electron chi connectivity index (χ0n) is 15.7. The lowest BCUT2D eigenvalue weighted by molar-refractivity contribution is 0.390. The van der Waals surface area contributed by atoms with Crippen molar-refractivity contribution in [1.29, 1.82) is 0 Å². The molecule has 1 unspecified atom stereocenters. The van der Waals surface area contributed by atoms with Crippen molar-refractivity contribution in [2.45, 2.75) is 18.9 Å². The van der Waals surface area contributed by atoms with Crippen LogP contribution in [0.25, 0.3) is 0 Å². The fourth-order valence-corrected chi connectivity index (χ4v) is 3.45. The van der Waals surface area contributed by atoms with Gasteiger partial charge in [-0.1, -0.05) is 30.3 Å². The molecule has 1 atom stereocenters. The molecule has 0 spiro atoms. The van der Waals surface area contributed by atoms with E-state index in [4.69, 9.17) is 9.47 Å². The van der Waals surface area contributed by atoms with Crippen LogP contribution in [0.15, 0.2) is 53.5 Å². The zero-order chi connectivity index (χ0) is 18.4.